The number of carbonyl (C=O) groups is 2. The molecule has 0 bridgehead atoms. The average Bonchev–Trinajstić information content (AvgIpc) is 3.03. The van der Waals surface area contributed by atoms with Crippen molar-refractivity contribution in [2.24, 2.45) is 5.73 Å². The molecule has 2 amide bonds. The van der Waals surface area contributed by atoms with Gasteiger partial charge in [-0.1, -0.05) is 32.0 Å². The van der Waals surface area contributed by atoms with Gasteiger partial charge in [-0.2, -0.15) is 0 Å². The number of ether oxygens (including phenoxy) is 1. The lowest BCUT2D eigenvalue weighted by atomic mass is 9.95. The van der Waals surface area contributed by atoms with Crippen molar-refractivity contribution in [1.82, 2.24) is 0 Å². The zero-order valence-corrected chi connectivity index (χ0v) is 16.7. The summed E-state index contributed by atoms with van der Waals surface area (Å²) >= 11 is 1.46. The van der Waals surface area contributed by atoms with Gasteiger partial charge >= 0.3 is 0 Å². The van der Waals surface area contributed by atoms with Gasteiger partial charge in [0.15, 0.2) is 6.61 Å². The van der Waals surface area contributed by atoms with Crippen molar-refractivity contribution in [3.8, 4) is 5.75 Å². The molecule has 5 nitrogen and oxygen atoms in total. The molecule has 1 aliphatic rings. The largest absolute Gasteiger partial charge is 0.483 e. The van der Waals surface area contributed by atoms with Gasteiger partial charge in [0.25, 0.3) is 11.8 Å². The number of aryl methyl sites for hydroxylation is 1. The first-order valence-corrected chi connectivity index (χ1v) is 10.3. The molecule has 2 aromatic rings. The van der Waals surface area contributed by atoms with Crippen molar-refractivity contribution in [3.63, 3.8) is 0 Å². The molecule has 0 saturated carbocycles. The summed E-state index contributed by atoms with van der Waals surface area (Å²) in [6.07, 6.45) is 4.94. The van der Waals surface area contributed by atoms with E-state index in [4.69, 9.17) is 10.5 Å². The van der Waals surface area contributed by atoms with Crippen LogP contribution in [-0.4, -0.2) is 18.4 Å². The second-order valence-electron chi connectivity index (χ2n) is 6.96. The molecule has 1 aromatic heterocycles. The Morgan fingerprint density at radius 2 is 2.00 bits per heavy atom. The number of benzene rings is 1. The molecule has 144 valence electrons. The Balaban J connectivity index is 1.71. The molecule has 27 heavy (non-hydrogen) atoms. The highest BCUT2D eigenvalue weighted by Crippen LogP contribution is 2.38. The Bertz CT molecular complexity index is 844. The van der Waals surface area contributed by atoms with Crippen LogP contribution in [0.15, 0.2) is 24.3 Å². The predicted molar refractivity (Wildman–Crippen MR) is 109 cm³/mol. The number of amides is 2. The molecule has 0 fully saturated rings. The van der Waals surface area contributed by atoms with Gasteiger partial charge in [-0.3, -0.25) is 9.59 Å². The van der Waals surface area contributed by atoms with Crippen LogP contribution in [0.25, 0.3) is 0 Å². The lowest BCUT2D eigenvalue weighted by molar-refractivity contribution is -0.118. The van der Waals surface area contributed by atoms with E-state index in [1.807, 2.05) is 24.3 Å². The number of nitrogens with one attached hydrogen (secondary N) is 1. The number of hydrogen-bond donors (Lipinski definition) is 2. The fourth-order valence-electron chi connectivity index (χ4n) is 3.46. The molecular weight excluding hydrogens is 360 g/mol. The summed E-state index contributed by atoms with van der Waals surface area (Å²) in [5, 5.41) is 3.39. The fraction of sp³-hybridized carbons (Fsp3) is 0.429. The molecule has 1 aromatic carbocycles. The summed E-state index contributed by atoms with van der Waals surface area (Å²) < 4.78 is 5.77. The Morgan fingerprint density at radius 3 is 2.74 bits per heavy atom. The van der Waals surface area contributed by atoms with Crippen molar-refractivity contribution in [1.29, 1.82) is 0 Å². The zero-order valence-electron chi connectivity index (χ0n) is 15.8. The van der Waals surface area contributed by atoms with Crippen LogP contribution >= 0.6 is 11.3 Å². The van der Waals surface area contributed by atoms with E-state index >= 15 is 0 Å². The molecule has 1 aliphatic carbocycles. The van der Waals surface area contributed by atoms with Gasteiger partial charge in [0.1, 0.15) is 10.8 Å². The van der Waals surface area contributed by atoms with Crippen LogP contribution in [0.1, 0.15) is 65.4 Å². The maximum atomic E-state index is 12.4. The summed E-state index contributed by atoms with van der Waals surface area (Å²) in [5.41, 5.74) is 8.16. The molecule has 1 atom stereocenters. The Labute approximate surface area is 163 Å². The summed E-state index contributed by atoms with van der Waals surface area (Å²) in [7, 11) is 0. The standard InChI is InChI=1S/C21H26N2O3S/c1-3-13(2)14-8-4-6-10-16(14)26-12-18(24)23-21-19(20(22)25)15-9-5-7-11-17(15)27-21/h4,6,8,10,13H,3,5,7,9,11-12H2,1-2H3,(H2,22,25)(H,23,24)/t13-/m1/s1. The number of hydrogen-bond acceptors (Lipinski definition) is 4. The summed E-state index contributed by atoms with van der Waals surface area (Å²) in [5.74, 6) is 0.320. The number of primary amides is 1. The van der Waals surface area contributed by atoms with E-state index in [1.54, 1.807) is 0 Å². The highest BCUT2D eigenvalue weighted by molar-refractivity contribution is 7.17. The number of rotatable bonds is 7. The molecule has 3 rings (SSSR count). The number of thiophene rings is 1. The first kappa shape index (κ1) is 19.4. The fourth-order valence-corrected chi connectivity index (χ4v) is 4.77. The van der Waals surface area contributed by atoms with E-state index in [0.717, 1.165) is 53.9 Å². The number of nitrogens with two attached hydrogens (primary N) is 1. The smallest absolute Gasteiger partial charge is 0.262 e. The Hall–Kier alpha value is -2.34. The third kappa shape index (κ3) is 4.33. The first-order valence-electron chi connectivity index (χ1n) is 9.47. The second-order valence-corrected chi connectivity index (χ2v) is 8.07. The predicted octanol–water partition coefficient (Wildman–Crippen LogP) is 4.26. The minimum Gasteiger partial charge on any atom is -0.483 e. The number of carbonyl (C=O) groups excluding carboxylic acids is 2. The van der Waals surface area contributed by atoms with Crippen LogP contribution in [0.4, 0.5) is 5.00 Å². The van der Waals surface area contributed by atoms with Crippen LogP contribution in [0, 0.1) is 0 Å². The van der Waals surface area contributed by atoms with Gasteiger partial charge < -0.3 is 15.8 Å². The van der Waals surface area contributed by atoms with Crippen molar-refractivity contribution < 1.29 is 14.3 Å². The van der Waals surface area contributed by atoms with Crippen LogP contribution in [0.2, 0.25) is 0 Å². The third-order valence-corrected chi connectivity index (χ3v) is 6.30. The molecule has 0 radical (unpaired) electrons. The van der Waals surface area contributed by atoms with Crippen LogP contribution in [0.3, 0.4) is 0 Å². The summed E-state index contributed by atoms with van der Waals surface area (Å²) in [6.45, 7) is 4.16. The van der Waals surface area contributed by atoms with E-state index in [9.17, 15) is 9.59 Å². The molecule has 1 heterocycles. The molecule has 0 spiro atoms. The van der Waals surface area contributed by atoms with Crippen molar-refractivity contribution >= 4 is 28.2 Å². The number of anilines is 1. The average molecular weight is 387 g/mol. The highest BCUT2D eigenvalue weighted by Gasteiger charge is 2.25. The lowest BCUT2D eigenvalue weighted by Gasteiger charge is -2.15. The van der Waals surface area contributed by atoms with Gasteiger partial charge in [-0.25, -0.2) is 0 Å². The van der Waals surface area contributed by atoms with Crippen LogP contribution in [0.5, 0.6) is 5.75 Å². The van der Waals surface area contributed by atoms with Crippen LogP contribution < -0.4 is 15.8 Å². The minimum atomic E-state index is -0.479. The third-order valence-electron chi connectivity index (χ3n) is 5.09. The molecule has 3 N–H and O–H groups in total. The van der Waals surface area contributed by atoms with E-state index in [0.29, 0.717) is 16.5 Å². The first-order chi connectivity index (χ1) is 13.0. The summed E-state index contributed by atoms with van der Waals surface area (Å²) in [4.78, 5) is 25.5. The van der Waals surface area contributed by atoms with E-state index in [-0.39, 0.29) is 12.5 Å². The maximum absolute atomic E-state index is 12.4. The zero-order chi connectivity index (χ0) is 19.4. The molecule has 6 heteroatoms. The van der Waals surface area contributed by atoms with Gasteiger partial charge in [0, 0.05) is 4.88 Å². The van der Waals surface area contributed by atoms with Crippen LogP contribution in [-0.2, 0) is 17.6 Å². The van der Waals surface area contributed by atoms with Gasteiger partial charge in [-0.05, 0) is 55.2 Å². The van der Waals surface area contributed by atoms with Crippen molar-refractivity contribution in [2.45, 2.75) is 51.9 Å². The Kier molecular flexibility index (Phi) is 6.16. The molecule has 0 saturated heterocycles. The minimum absolute atomic E-state index is 0.103. The molecule has 0 aliphatic heterocycles. The monoisotopic (exact) mass is 386 g/mol. The topological polar surface area (TPSA) is 81.4 Å². The normalized spacial score (nSPS) is 14.3. The Morgan fingerprint density at radius 1 is 1.26 bits per heavy atom. The molecule has 0 unspecified atom stereocenters. The van der Waals surface area contributed by atoms with Gasteiger partial charge in [0.05, 0.1) is 5.56 Å². The van der Waals surface area contributed by atoms with E-state index in [1.165, 1.54) is 11.3 Å². The summed E-state index contributed by atoms with van der Waals surface area (Å²) in [6, 6.07) is 7.79. The number of para-hydroxylation sites is 1. The van der Waals surface area contributed by atoms with Gasteiger partial charge in [-0.15, -0.1) is 11.3 Å². The second kappa shape index (κ2) is 8.57. The van der Waals surface area contributed by atoms with Crippen molar-refractivity contribution in [3.05, 3.63) is 45.8 Å². The van der Waals surface area contributed by atoms with Crippen molar-refractivity contribution in [2.75, 3.05) is 11.9 Å². The van der Waals surface area contributed by atoms with Gasteiger partial charge in [0.2, 0.25) is 0 Å². The van der Waals surface area contributed by atoms with E-state index < -0.39 is 5.91 Å². The van der Waals surface area contributed by atoms with E-state index in [2.05, 4.69) is 19.2 Å². The quantitative estimate of drug-likeness (QED) is 0.746. The highest BCUT2D eigenvalue weighted by atomic mass is 32.1. The molecular formula is C21H26N2O3S. The maximum Gasteiger partial charge on any atom is 0.262 e. The number of fused-ring (bicyclic) bond motifs is 1. The SMILES string of the molecule is CC[C@@H](C)c1ccccc1OCC(=O)Nc1sc2c(c1C(N)=O)CCCC2. The lowest BCUT2D eigenvalue weighted by Crippen LogP contribution is -2.22.